The lowest BCUT2D eigenvalue weighted by molar-refractivity contribution is 0.0706. The van der Waals surface area contributed by atoms with Gasteiger partial charge in [-0.2, -0.15) is 0 Å². The fourth-order valence-corrected chi connectivity index (χ4v) is 3.09. The van der Waals surface area contributed by atoms with Crippen molar-refractivity contribution in [3.63, 3.8) is 0 Å². The molecule has 0 spiro atoms. The van der Waals surface area contributed by atoms with Crippen molar-refractivity contribution in [1.82, 2.24) is 5.48 Å². The van der Waals surface area contributed by atoms with Crippen molar-refractivity contribution in [2.75, 3.05) is 11.4 Å². The zero-order valence-electron chi connectivity index (χ0n) is 12.1. The SMILES string of the molecule is Cc1ccc(S(=O)(=O)N(C)c2ccc(C(=O)NO)cc2)cc1. The van der Waals surface area contributed by atoms with E-state index < -0.39 is 15.9 Å². The summed E-state index contributed by atoms with van der Waals surface area (Å²) < 4.78 is 26.2. The molecule has 0 aliphatic rings. The summed E-state index contributed by atoms with van der Waals surface area (Å²) in [5.74, 6) is -0.657. The van der Waals surface area contributed by atoms with Crippen LogP contribution in [0.5, 0.6) is 0 Å². The summed E-state index contributed by atoms with van der Waals surface area (Å²) in [6.45, 7) is 1.88. The van der Waals surface area contributed by atoms with Crippen LogP contribution in [0.1, 0.15) is 15.9 Å². The minimum atomic E-state index is -3.66. The van der Waals surface area contributed by atoms with Crippen LogP contribution in [0.25, 0.3) is 0 Å². The van der Waals surface area contributed by atoms with Gasteiger partial charge in [-0.05, 0) is 43.3 Å². The Bertz CT molecular complexity index is 768. The number of aryl methyl sites for hydroxylation is 1. The highest BCUT2D eigenvalue weighted by Gasteiger charge is 2.21. The molecule has 116 valence electrons. The standard InChI is InChI=1S/C15H16N2O4S/c1-11-3-9-14(10-4-11)22(20,21)17(2)13-7-5-12(6-8-13)15(18)16-19/h3-10,19H,1-2H3,(H,16,18). The predicted octanol–water partition coefficient (Wildman–Crippen LogP) is 1.94. The van der Waals surface area contributed by atoms with E-state index in [4.69, 9.17) is 5.21 Å². The second-order valence-corrected chi connectivity index (χ2v) is 6.74. The lowest BCUT2D eigenvalue weighted by Gasteiger charge is -2.19. The van der Waals surface area contributed by atoms with Crippen molar-refractivity contribution < 1.29 is 18.4 Å². The molecular formula is C15H16N2O4S. The highest BCUT2D eigenvalue weighted by atomic mass is 32.2. The molecule has 0 aliphatic heterocycles. The second-order valence-electron chi connectivity index (χ2n) is 4.77. The third-order valence-electron chi connectivity index (χ3n) is 3.27. The van der Waals surface area contributed by atoms with E-state index in [-0.39, 0.29) is 10.5 Å². The second kappa shape index (κ2) is 6.17. The van der Waals surface area contributed by atoms with Crippen molar-refractivity contribution in [2.45, 2.75) is 11.8 Å². The smallest absolute Gasteiger partial charge is 0.274 e. The van der Waals surface area contributed by atoms with E-state index in [2.05, 4.69) is 0 Å². The number of carbonyl (C=O) groups is 1. The number of nitrogens with one attached hydrogen (secondary N) is 1. The first-order valence-electron chi connectivity index (χ1n) is 6.46. The molecule has 2 aromatic carbocycles. The summed E-state index contributed by atoms with van der Waals surface area (Å²) in [6, 6.07) is 12.4. The molecule has 0 saturated carbocycles. The van der Waals surface area contributed by atoms with Crippen LogP contribution in [-0.2, 0) is 10.0 Å². The molecule has 2 rings (SSSR count). The lowest BCUT2D eigenvalue weighted by Crippen LogP contribution is -2.26. The molecule has 2 N–H and O–H groups in total. The third kappa shape index (κ3) is 3.10. The summed E-state index contributed by atoms with van der Waals surface area (Å²) in [5.41, 5.74) is 3.13. The normalized spacial score (nSPS) is 11.0. The van der Waals surface area contributed by atoms with Crippen LogP contribution >= 0.6 is 0 Å². The molecule has 0 bridgehead atoms. The van der Waals surface area contributed by atoms with Gasteiger partial charge in [-0.1, -0.05) is 17.7 Å². The van der Waals surface area contributed by atoms with Gasteiger partial charge in [-0.3, -0.25) is 14.3 Å². The number of sulfonamides is 1. The molecule has 0 aromatic heterocycles. The fraction of sp³-hybridized carbons (Fsp3) is 0.133. The van der Waals surface area contributed by atoms with Crippen LogP contribution in [-0.4, -0.2) is 26.6 Å². The number of anilines is 1. The van der Waals surface area contributed by atoms with E-state index in [1.807, 2.05) is 6.92 Å². The first-order chi connectivity index (χ1) is 10.4. The Kier molecular flexibility index (Phi) is 4.48. The Morgan fingerprint density at radius 1 is 1.05 bits per heavy atom. The number of hydrogen-bond donors (Lipinski definition) is 2. The maximum Gasteiger partial charge on any atom is 0.274 e. The zero-order chi connectivity index (χ0) is 16.3. The number of nitrogens with zero attached hydrogens (tertiary/aromatic N) is 1. The summed E-state index contributed by atoms with van der Waals surface area (Å²) in [5, 5.41) is 8.56. The van der Waals surface area contributed by atoms with Gasteiger partial charge >= 0.3 is 0 Å². The van der Waals surface area contributed by atoms with Crippen LogP contribution in [0.15, 0.2) is 53.4 Å². The van der Waals surface area contributed by atoms with Gasteiger partial charge < -0.3 is 0 Å². The Morgan fingerprint density at radius 2 is 1.59 bits per heavy atom. The molecular weight excluding hydrogens is 304 g/mol. The van der Waals surface area contributed by atoms with Gasteiger partial charge in [0.2, 0.25) is 0 Å². The van der Waals surface area contributed by atoms with Gasteiger partial charge in [0, 0.05) is 12.6 Å². The summed E-state index contributed by atoms with van der Waals surface area (Å²) >= 11 is 0. The van der Waals surface area contributed by atoms with Crippen molar-refractivity contribution in [2.24, 2.45) is 0 Å². The lowest BCUT2D eigenvalue weighted by atomic mass is 10.2. The van der Waals surface area contributed by atoms with Crippen LogP contribution in [0.3, 0.4) is 0 Å². The molecule has 0 atom stereocenters. The van der Waals surface area contributed by atoms with Crippen LogP contribution < -0.4 is 9.79 Å². The Balaban J connectivity index is 2.32. The highest BCUT2D eigenvalue weighted by Crippen LogP contribution is 2.22. The van der Waals surface area contributed by atoms with Crippen molar-refractivity contribution in [3.8, 4) is 0 Å². The summed E-state index contributed by atoms with van der Waals surface area (Å²) in [6.07, 6.45) is 0. The molecule has 6 nitrogen and oxygen atoms in total. The first kappa shape index (κ1) is 16.0. The highest BCUT2D eigenvalue weighted by molar-refractivity contribution is 7.92. The quantitative estimate of drug-likeness (QED) is 0.666. The van der Waals surface area contributed by atoms with Crippen LogP contribution in [0.4, 0.5) is 5.69 Å². The van der Waals surface area contributed by atoms with E-state index in [0.29, 0.717) is 5.69 Å². The average Bonchev–Trinajstić information content (AvgIpc) is 2.54. The van der Waals surface area contributed by atoms with E-state index in [1.54, 1.807) is 24.3 Å². The zero-order valence-corrected chi connectivity index (χ0v) is 13.0. The monoisotopic (exact) mass is 320 g/mol. The topological polar surface area (TPSA) is 86.7 Å². The van der Waals surface area contributed by atoms with E-state index >= 15 is 0 Å². The largest absolute Gasteiger partial charge is 0.288 e. The summed E-state index contributed by atoms with van der Waals surface area (Å²) in [4.78, 5) is 11.4. The molecule has 2 aromatic rings. The van der Waals surface area contributed by atoms with Crippen LogP contribution in [0.2, 0.25) is 0 Å². The van der Waals surface area contributed by atoms with Gasteiger partial charge in [0.25, 0.3) is 15.9 Å². The number of rotatable bonds is 4. The van der Waals surface area contributed by atoms with E-state index in [0.717, 1.165) is 9.87 Å². The molecule has 0 aliphatic carbocycles. The fourth-order valence-electron chi connectivity index (χ4n) is 1.89. The first-order valence-corrected chi connectivity index (χ1v) is 7.90. The van der Waals surface area contributed by atoms with Crippen molar-refractivity contribution in [1.29, 1.82) is 0 Å². The number of benzene rings is 2. The van der Waals surface area contributed by atoms with E-state index in [1.165, 1.54) is 36.8 Å². The molecule has 22 heavy (non-hydrogen) atoms. The minimum absolute atomic E-state index is 0.192. The molecule has 1 amide bonds. The Labute approximate surface area is 129 Å². The molecule has 7 heteroatoms. The van der Waals surface area contributed by atoms with E-state index in [9.17, 15) is 13.2 Å². The van der Waals surface area contributed by atoms with Gasteiger partial charge in [-0.15, -0.1) is 0 Å². The van der Waals surface area contributed by atoms with Crippen LogP contribution in [0, 0.1) is 6.92 Å². The summed E-state index contributed by atoms with van der Waals surface area (Å²) in [7, 11) is -2.22. The molecule has 0 heterocycles. The molecule has 0 unspecified atom stereocenters. The maximum atomic E-state index is 12.5. The molecule has 0 radical (unpaired) electrons. The maximum absolute atomic E-state index is 12.5. The number of amides is 1. The van der Waals surface area contributed by atoms with Crippen molar-refractivity contribution in [3.05, 3.63) is 59.7 Å². The van der Waals surface area contributed by atoms with Gasteiger partial charge in [-0.25, -0.2) is 13.9 Å². The Hall–Kier alpha value is -2.38. The van der Waals surface area contributed by atoms with Gasteiger partial charge in [0.1, 0.15) is 0 Å². The number of hydrogen-bond acceptors (Lipinski definition) is 4. The van der Waals surface area contributed by atoms with Gasteiger partial charge in [0.05, 0.1) is 10.6 Å². The average molecular weight is 320 g/mol. The Morgan fingerprint density at radius 3 is 2.09 bits per heavy atom. The molecule has 0 fully saturated rings. The minimum Gasteiger partial charge on any atom is -0.288 e. The predicted molar refractivity (Wildman–Crippen MR) is 82.5 cm³/mol. The molecule has 0 saturated heterocycles. The number of carbonyl (C=O) groups excluding carboxylic acids is 1. The number of hydroxylamine groups is 1. The van der Waals surface area contributed by atoms with Crippen molar-refractivity contribution >= 4 is 21.6 Å². The van der Waals surface area contributed by atoms with Gasteiger partial charge in [0.15, 0.2) is 0 Å². The third-order valence-corrected chi connectivity index (χ3v) is 5.07.